The van der Waals surface area contributed by atoms with Crippen LogP contribution in [0.15, 0.2) is 11.6 Å². The molecule has 0 heterocycles. The van der Waals surface area contributed by atoms with Crippen LogP contribution < -0.4 is 0 Å². The van der Waals surface area contributed by atoms with Crippen LogP contribution in [-0.2, 0) is 0 Å². The van der Waals surface area contributed by atoms with Crippen molar-refractivity contribution in [3.05, 3.63) is 11.6 Å². The summed E-state index contributed by atoms with van der Waals surface area (Å²) >= 11 is 0. The van der Waals surface area contributed by atoms with Gasteiger partial charge in [-0.2, -0.15) is 0 Å². The third-order valence-electron chi connectivity index (χ3n) is 6.09. The fraction of sp³-hybridized carbons (Fsp3) is 0.867. The summed E-state index contributed by atoms with van der Waals surface area (Å²) in [4.78, 5) is 0. The van der Waals surface area contributed by atoms with E-state index in [1.165, 1.54) is 12.8 Å². The van der Waals surface area contributed by atoms with Crippen LogP contribution in [0.2, 0.25) is 0 Å². The normalized spacial score (nSPS) is 55.8. The summed E-state index contributed by atoms with van der Waals surface area (Å²) in [6, 6.07) is 0. The first-order valence-electron chi connectivity index (χ1n) is 6.91. The van der Waals surface area contributed by atoms with E-state index in [0.29, 0.717) is 5.41 Å². The molecule has 0 radical (unpaired) electrons. The number of rotatable bonds is 0. The molecule has 16 heavy (non-hydrogen) atoms. The van der Waals surface area contributed by atoms with E-state index in [1.54, 1.807) is 5.57 Å². The summed E-state index contributed by atoms with van der Waals surface area (Å²) in [5, 5.41) is 9.81. The molecule has 2 fully saturated rings. The van der Waals surface area contributed by atoms with Gasteiger partial charge in [-0.1, -0.05) is 32.4 Å². The van der Waals surface area contributed by atoms with Gasteiger partial charge in [-0.3, -0.25) is 0 Å². The molecule has 0 bridgehead atoms. The number of aliphatic hydroxyl groups excluding tert-OH is 1. The van der Waals surface area contributed by atoms with E-state index in [9.17, 15) is 5.11 Å². The van der Waals surface area contributed by atoms with Crippen molar-refractivity contribution in [1.82, 2.24) is 0 Å². The van der Waals surface area contributed by atoms with Crippen molar-refractivity contribution in [1.29, 1.82) is 0 Å². The van der Waals surface area contributed by atoms with Gasteiger partial charge in [0.15, 0.2) is 0 Å². The monoisotopic (exact) mass is 220 g/mol. The molecular weight excluding hydrogens is 196 g/mol. The molecule has 0 spiro atoms. The lowest BCUT2D eigenvalue weighted by atomic mass is 9.43. The summed E-state index contributed by atoms with van der Waals surface area (Å²) < 4.78 is 0. The van der Waals surface area contributed by atoms with Gasteiger partial charge < -0.3 is 5.11 Å². The van der Waals surface area contributed by atoms with Crippen molar-refractivity contribution >= 4 is 0 Å². The summed E-state index contributed by atoms with van der Waals surface area (Å²) in [6.07, 6.45) is 6.83. The average Bonchev–Trinajstić information content (AvgIpc) is 2.27. The van der Waals surface area contributed by atoms with E-state index in [1.807, 2.05) is 0 Å². The molecule has 90 valence electrons. The Kier molecular flexibility index (Phi) is 2.27. The van der Waals surface area contributed by atoms with Crippen molar-refractivity contribution in [2.75, 3.05) is 0 Å². The number of allylic oxidation sites excluding steroid dienone is 1. The molecule has 2 saturated carbocycles. The van der Waals surface area contributed by atoms with Gasteiger partial charge in [-0.25, -0.2) is 0 Å². The second-order valence-electron chi connectivity index (χ2n) is 6.69. The highest BCUT2D eigenvalue weighted by molar-refractivity contribution is 5.26. The maximum absolute atomic E-state index is 9.81. The zero-order valence-electron chi connectivity index (χ0n) is 10.7. The Balaban J connectivity index is 1.93. The number of hydrogen-bond acceptors (Lipinski definition) is 1. The number of fused-ring (bicyclic) bond motifs is 3. The van der Waals surface area contributed by atoms with Gasteiger partial charge in [-0.15, -0.1) is 0 Å². The van der Waals surface area contributed by atoms with Crippen LogP contribution in [0.25, 0.3) is 0 Å². The number of hydrogen-bond donors (Lipinski definition) is 1. The molecule has 3 rings (SSSR count). The van der Waals surface area contributed by atoms with Crippen LogP contribution in [0.3, 0.4) is 0 Å². The van der Waals surface area contributed by atoms with Gasteiger partial charge in [0.1, 0.15) is 0 Å². The molecule has 1 nitrogen and oxygen atoms in total. The Morgan fingerprint density at radius 3 is 2.81 bits per heavy atom. The highest BCUT2D eigenvalue weighted by Gasteiger charge is 2.56. The minimum absolute atomic E-state index is 0.0660. The molecule has 0 aliphatic heterocycles. The highest BCUT2D eigenvalue weighted by atomic mass is 16.3. The Bertz CT molecular complexity index is 332. The highest BCUT2D eigenvalue weighted by Crippen LogP contribution is 2.63. The van der Waals surface area contributed by atoms with Crippen LogP contribution >= 0.6 is 0 Å². The molecule has 3 aliphatic carbocycles. The summed E-state index contributed by atoms with van der Waals surface area (Å²) in [5.41, 5.74) is 2.00. The van der Waals surface area contributed by atoms with Crippen LogP contribution in [0.5, 0.6) is 0 Å². The minimum Gasteiger partial charge on any atom is -0.393 e. The van der Waals surface area contributed by atoms with E-state index in [-0.39, 0.29) is 6.10 Å². The average molecular weight is 220 g/mol. The number of aliphatic hydroxyl groups is 1. The van der Waals surface area contributed by atoms with E-state index in [4.69, 9.17) is 0 Å². The molecule has 0 aromatic rings. The third-order valence-corrected chi connectivity index (χ3v) is 6.09. The third kappa shape index (κ3) is 1.21. The maximum Gasteiger partial charge on any atom is 0.0577 e. The van der Waals surface area contributed by atoms with Gasteiger partial charge in [0.25, 0.3) is 0 Å². The Hall–Kier alpha value is -0.300. The molecule has 0 amide bonds. The molecule has 3 aliphatic rings. The Morgan fingerprint density at radius 2 is 2.06 bits per heavy atom. The van der Waals surface area contributed by atoms with Crippen LogP contribution in [-0.4, -0.2) is 11.2 Å². The first-order valence-corrected chi connectivity index (χ1v) is 6.91. The molecule has 0 saturated heterocycles. The molecule has 6 atom stereocenters. The first-order chi connectivity index (χ1) is 7.54. The van der Waals surface area contributed by atoms with Crippen molar-refractivity contribution in [3.8, 4) is 0 Å². The summed E-state index contributed by atoms with van der Waals surface area (Å²) in [7, 11) is 0. The summed E-state index contributed by atoms with van der Waals surface area (Å²) in [6.45, 7) is 7.32. The van der Waals surface area contributed by atoms with Crippen LogP contribution in [0.4, 0.5) is 0 Å². The Morgan fingerprint density at radius 1 is 1.31 bits per heavy atom. The van der Waals surface area contributed by atoms with Crippen LogP contribution in [0, 0.1) is 29.1 Å². The lowest BCUT2D eigenvalue weighted by Crippen LogP contribution is -2.55. The molecule has 4 unspecified atom stereocenters. The van der Waals surface area contributed by atoms with Crippen molar-refractivity contribution in [2.45, 2.75) is 52.6 Å². The first kappa shape index (κ1) is 10.8. The Labute approximate surface area is 98.9 Å². The van der Waals surface area contributed by atoms with Crippen molar-refractivity contribution < 1.29 is 5.11 Å². The second-order valence-corrected chi connectivity index (χ2v) is 6.69. The molecule has 1 heteroatoms. The SMILES string of the molecule is CC1C(C)C2C1CC=C1C[C@@H](O)CC[C@@]12C. The predicted molar refractivity (Wildman–Crippen MR) is 66.0 cm³/mol. The summed E-state index contributed by atoms with van der Waals surface area (Å²) in [5.74, 6) is 3.62. The second kappa shape index (κ2) is 3.35. The van der Waals surface area contributed by atoms with Gasteiger partial charge in [0, 0.05) is 0 Å². The smallest absolute Gasteiger partial charge is 0.0577 e. The maximum atomic E-state index is 9.81. The quantitative estimate of drug-likeness (QED) is 0.620. The molecule has 0 aromatic heterocycles. The van der Waals surface area contributed by atoms with E-state index < -0.39 is 0 Å². The molecule has 0 aromatic carbocycles. The topological polar surface area (TPSA) is 20.2 Å². The van der Waals surface area contributed by atoms with E-state index in [0.717, 1.165) is 36.5 Å². The lowest BCUT2D eigenvalue weighted by Gasteiger charge is -2.62. The molecular formula is C15H24O. The van der Waals surface area contributed by atoms with Gasteiger partial charge in [-0.05, 0) is 54.8 Å². The fourth-order valence-electron chi connectivity index (χ4n) is 4.89. The van der Waals surface area contributed by atoms with Gasteiger partial charge in [0.2, 0.25) is 0 Å². The van der Waals surface area contributed by atoms with Gasteiger partial charge >= 0.3 is 0 Å². The minimum atomic E-state index is -0.0660. The van der Waals surface area contributed by atoms with E-state index >= 15 is 0 Å². The zero-order chi connectivity index (χ0) is 11.5. The van der Waals surface area contributed by atoms with Crippen LogP contribution in [0.1, 0.15) is 46.5 Å². The van der Waals surface area contributed by atoms with Crippen molar-refractivity contribution in [3.63, 3.8) is 0 Å². The largest absolute Gasteiger partial charge is 0.393 e. The predicted octanol–water partition coefficient (Wildman–Crippen LogP) is 3.39. The van der Waals surface area contributed by atoms with Gasteiger partial charge in [0.05, 0.1) is 6.10 Å². The standard InChI is InChI=1S/C15H24O/c1-9-10(2)14-13(9)5-4-11-8-12(16)6-7-15(11,14)3/h4,9-10,12-14,16H,5-8H2,1-3H3/t9?,10?,12-,13?,14?,15-/m0/s1. The lowest BCUT2D eigenvalue weighted by molar-refractivity contribution is -0.0927. The molecule has 1 N–H and O–H groups in total. The fourth-order valence-corrected chi connectivity index (χ4v) is 4.89. The van der Waals surface area contributed by atoms with Crippen molar-refractivity contribution in [2.24, 2.45) is 29.1 Å². The zero-order valence-corrected chi connectivity index (χ0v) is 10.7. The van der Waals surface area contributed by atoms with E-state index in [2.05, 4.69) is 26.8 Å².